The molecule has 8 heavy (non-hydrogen) atoms. The standard InChI is InChI=1S/C7H15Cl/c1-3-4-7(2)5-6-8/h7H,3-6H2,1-2H3/t7-/m0/s1. The van der Waals surface area contributed by atoms with Crippen LogP contribution in [0, 0.1) is 5.92 Å². The molecule has 0 aliphatic heterocycles. The summed E-state index contributed by atoms with van der Waals surface area (Å²) in [5.41, 5.74) is 0. The summed E-state index contributed by atoms with van der Waals surface area (Å²) in [5.74, 6) is 1.65. The molecule has 50 valence electrons. The SMILES string of the molecule is CCC[C@H](C)CCCl. The lowest BCUT2D eigenvalue weighted by atomic mass is 10.0. The molecule has 0 bridgehead atoms. The second-order valence-corrected chi connectivity index (χ2v) is 2.75. The summed E-state index contributed by atoms with van der Waals surface area (Å²) in [6.45, 7) is 4.47. The number of alkyl halides is 1. The summed E-state index contributed by atoms with van der Waals surface area (Å²) >= 11 is 5.53. The molecule has 0 aromatic carbocycles. The van der Waals surface area contributed by atoms with E-state index in [1.165, 1.54) is 19.3 Å². The van der Waals surface area contributed by atoms with Crippen LogP contribution in [0.25, 0.3) is 0 Å². The minimum Gasteiger partial charge on any atom is -0.127 e. The molecule has 0 unspecified atom stereocenters. The molecule has 0 amide bonds. The van der Waals surface area contributed by atoms with Gasteiger partial charge in [0.05, 0.1) is 0 Å². The highest BCUT2D eigenvalue weighted by Crippen LogP contribution is 2.09. The van der Waals surface area contributed by atoms with Crippen LogP contribution in [0.3, 0.4) is 0 Å². The highest BCUT2D eigenvalue weighted by molar-refractivity contribution is 6.17. The van der Waals surface area contributed by atoms with E-state index in [2.05, 4.69) is 13.8 Å². The maximum atomic E-state index is 5.53. The van der Waals surface area contributed by atoms with Crippen molar-refractivity contribution < 1.29 is 0 Å². The van der Waals surface area contributed by atoms with Crippen molar-refractivity contribution >= 4 is 11.6 Å². The largest absolute Gasteiger partial charge is 0.127 e. The fraction of sp³-hybridized carbons (Fsp3) is 1.00. The molecule has 0 rings (SSSR count). The third kappa shape index (κ3) is 4.45. The monoisotopic (exact) mass is 134 g/mol. The van der Waals surface area contributed by atoms with E-state index >= 15 is 0 Å². The normalized spacial score (nSPS) is 13.9. The lowest BCUT2D eigenvalue weighted by molar-refractivity contribution is 0.512. The Morgan fingerprint density at radius 2 is 2.00 bits per heavy atom. The summed E-state index contributed by atoms with van der Waals surface area (Å²) in [6, 6.07) is 0. The zero-order valence-corrected chi connectivity index (χ0v) is 6.54. The molecule has 0 nitrogen and oxygen atoms in total. The van der Waals surface area contributed by atoms with Gasteiger partial charge in [0.25, 0.3) is 0 Å². The van der Waals surface area contributed by atoms with Gasteiger partial charge in [-0.1, -0.05) is 26.7 Å². The highest BCUT2D eigenvalue weighted by Gasteiger charge is 1.96. The van der Waals surface area contributed by atoms with Gasteiger partial charge < -0.3 is 0 Å². The molecule has 1 atom stereocenters. The third-order valence-electron chi connectivity index (χ3n) is 1.38. The number of hydrogen-bond donors (Lipinski definition) is 0. The Labute approximate surface area is 57.2 Å². The molecule has 0 radical (unpaired) electrons. The van der Waals surface area contributed by atoms with E-state index in [0.717, 1.165) is 11.8 Å². The van der Waals surface area contributed by atoms with Crippen LogP contribution in [0.2, 0.25) is 0 Å². The summed E-state index contributed by atoms with van der Waals surface area (Å²) in [7, 11) is 0. The third-order valence-corrected chi connectivity index (χ3v) is 1.60. The Bertz CT molecular complexity index is 37.7. The van der Waals surface area contributed by atoms with Crippen LogP contribution in [0.4, 0.5) is 0 Å². The lowest BCUT2D eigenvalue weighted by Crippen LogP contribution is -1.93. The number of halogens is 1. The predicted octanol–water partition coefficient (Wildman–Crippen LogP) is 3.05. The second-order valence-electron chi connectivity index (χ2n) is 2.37. The van der Waals surface area contributed by atoms with E-state index < -0.39 is 0 Å². The first-order valence-electron chi connectivity index (χ1n) is 3.37. The fourth-order valence-corrected chi connectivity index (χ4v) is 1.20. The predicted molar refractivity (Wildman–Crippen MR) is 39.4 cm³/mol. The van der Waals surface area contributed by atoms with Crippen molar-refractivity contribution in [2.45, 2.75) is 33.1 Å². The van der Waals surface area contributed by atoms with Crippen LogP contribution in [-0.2, 0) is 0 Å². The van der Waals surface area contributed by atoms with Crippen LogP contribution in [0.1, 0.15) is 33.1 Å². The molecule has 0 aliphatic rings. The maximum absolute atomic E-state index is 5.53. The molecule has 0 aromatic rings. The zero-order chi connectivity index (χ0) is 6.41. The first-order valence-corrected chi connectivity index (χ1v) is 3.90. The van der Waals surface area contributed by atoms with E-state index in [4.69, 9.17) is 11.6 Å². The number of rotatable bonds is 4. The quantitative estimate of drug-likeness (QED) is 0.519. The molecule has 0 spiro atoms. The van der Waals surface area contributed by atoms with Gasteiger partial charge in [-0.2, -0.15) is 0 Å². The van der Waals surface area contributed by atoms with Gasteiger partial charge in [-0.15, -0.1) is 11.6 Å². The van der Waals surface area contributed by atoms with Gasteiger partial charge in [0.2, 0.25) is 0 Å². The molecule has 0 aromatic heterocycles. The van der Waals surface area contributed by atoms with Gasteiger partial charge in [0.1, 0.15) is 0 Å². The summed E-state index contributed by atoms with van der Waals surface area (Å²) in [4.78, 5) is 0. The van der Waals surface area contributed by atoms with Crippen LogP contribution in [0.5, 0.6) is 0 Å². The Morgan fingerprint density at radius 3 is 2.38 bits per heavy atom. The van der Waals surface area contributed by atoms with Crippen LogP contribution >= 0.6 is 11.6 Å². The molecular formula is C7H15Cl. The Balaban J connectivity index is 2.92. The summed E-state index contributed by atoms with van der Waals surface area (Å²) < 4.78 is 0. The molecule has 0 saturated carbocycles. The van der Waals surface area contributed by atoms with Crippen LogP contribution < -0.4 is 0 Å². The molecule has 1 heteroatoms. The number of hydrogen-bond acceptors (Lipinski definition) is 0. The smallest absolute Gasteiger partial charge is 0.0225 e. The van der Waals surface area contributed by atoms with E-state index in [-0.39, 0.29) is 0 Å². The Hall–Kier alpha value is 0.290. The van der Waals surface area contributed by atoms with Crippen molar-refractivity contribution in [3.63, 3.8) is 0 Å². The molecular weight excluding hydrogens is 120 g/mol. The van der Waals surface area contributed by atoms with Gasteiger partial charge >= 0.3 is 0 Å². The molecule has 0 aliphatic carbocycles. The Morgan fingerprint density at radius 1 is 1.38 bits per heavy atom. The lowest BCUT2D eigenvalue weighted by Gasteiger charge is -2.04. The second kappa shape index (κ2) is 5.43. The molecule has 0 fully saturated rings. The summed E-state index contributed by atoms with van der Waals surface area (Å²) in [6.07, 6.45) is 3.79. The van der Waals surface area contributed by atoms with Gasteiger partial charge in [0.15, 0.2) is 0 Å². The van der Waals surface area contributed by atoms with Crippen molar-refractivity contribution in [2.24, 2.45) is 5.92 Å². The van der Waals surface area contributed by atoms with Crippen molar-refractivity contribution in [3.05, 3.63) is 0 Å². The van der Waals surface area contributed by atoms with Crippen molar-refractivity contribution in [3.8, 4) is 0 Å². The zero-order valence-electron chi connectivity index (χ0n) is 5.78. The van der Waals surface area contributed by atoms with Crippen LogP contribution in [-0.4, -0.2) is 5.88 Å². The van der Waals surface area contributed by atoms with E-state index in [0.29, 0.717) is 0 Å². The summed E-state index contributed by atoms with van der Waals surface area (Å²) in [5, 5.41) is 0. The first-order chi connectivity index (χ1) is 3.81. The Kier molecular flexibility index (Phi) is 5.62. The average molecular weight is 135 g/mol. The van der Waals surface area contributed by atoms with Gasteiger partial charge in [0, 0.05) is 5.88 Å². The minimum atomic E-state index is 0.821. The van der Waals surface area contributed by atoms with Crippen LogP contribution in [0.15, 0.2) is 0 Å². The average Bonchev–Trinajstić information content (AvgIpc) is 1.68. The van der Waals surface area contributed by atoms with Gasteiger partial charge in [-0.25, -0.2) is 0 Å². The minimum absolute atomic E-state index is 0.821. The van der Waals surface area contributed by atoms with Crippen molar-refractivity contribution in [1.29, 1.82) is 0 Å². The van der Waals surface area contributed by atoms with E-state index in [9.17, 15) is 0 Å². The highest BCUT2D eigenvalue weighted by atomic mass is 35.5. The molecule has 0 saturated heterocycles. The maximum Gasteiger partial charge on any atom is 0.0225 e. The van der Waals surface area contributed by atoms with Crippen molar-refractivity contribution in [2.75, 3.05) is 5.88 Å². The van der Waals surface area contributed by atoms with E-state index in [1.54, 1.807) is 0 Å². The topological polar surface area (TPSA) is 0 Å². The van der Waals surface area contributed by atoms with Crippen molar-refractivity contribution in [1.82, 2.24) is 0 Å². The molecule has 0 heterocycles. The fourth-order valence-electron chi connectivity index (χ4n) is 0.823. The van der Waals surface area contributed by atoms with E-state index in [1.807, 2.05) is 0 Å². The van der Waals surface area contributed by atoms with Gasteiger partial charge in [-0.05, 0) is 12.3 Å². The van der Waals surface area contributed by atoms with Gasteiger partial charge in [-0.3, -0.25) is 0 Å². The first kappa shape index (κ1) is 8.29. The molecule has 0 N–H and O–H groups in total.